The summed E-state index contributed by atoms with van der Waals surface area (Å²) in [5, 5.41) is 10.6. The summed E-state index contributed by atoms with van der Waals surface area (Å²) in [4.78, 5) is 23.2. The summed E-state index contributed by atoms with van der Waals surface area (Å²) in [6.45, 7) is 3.13. The first kappa shape index (κ1) is 13.7. The van der Waals surface area contributed by atoms with Crippen molar-refractivity contribution in [1.82, 2.24) is 14.9 Å². The molecule has 0 spiro atoms. The van der Waals surface area contributed by atoms with E-state index in [-0.39, 0.29) is 5.91 Å². The second-order valence-corrected chi connectivity index (χ2v) is 5.17. The number of amides is 1. The summed E-state index contributed by atoms with van der Waals surface area (Å²) in [7, 11) is 1.71. The molecule has 1 aliphatic rings. The molecule has 1 atom stereocenters. The van der Waals surface area contributed by atoms with E-state index in [0.29, 0.717) is 25.5 Å². The molecule has 0 saturated carbocycles. The van der Waals surface area contributed by atoms with Crippen LogP contribution in [0.15, 0.2) is 18.5 Å². The Labute approximate surface area is 113 Å². The van der Waals surface area contributed by atoms with Gasteiger partial charge in [0.2, 0.25) is 11.9 Å². The van der Waals surface area contributed by atoms with Crippen molar-refractivity contribution < 1.29 is 9.90 Å². The molecule has 2 heterocycles. The highest BCUT2D eigenvalue weighted by Gasteiger charge is 2.35. The van der Waals surface area contributed by atoms with Gasteiger partial charge in [-0.15, -0.1) is 0 Å². The second kappa shape index (κ2) is 5.52. The molecule has 1 unspecified atom stereocenters. The molecule has 1 aliphatic heterocycles. The molecule has 1 aromatic rings. The van der Waals surface area contributed by atoms with Gasteiger partial charge in [0.05, 0.1) is 18.7 Å². The lowest BCUT2D eigenvalue weighted by Gasteiger charge is -2.40. The smallest absolute Gasteiger partial charge is 0.225 e. The van der Waals surface area contributed by atoms with E-state index in [1.165, 1.54) is 6.92 Å². The summed E-state index contributed by atoms with van der Waals surface area (Å²) in [6.07, 6.45) is 4.93. The number of hydrogen-bond donors (Lipinski definition) is 1. The van der Waals surface area contributed by atoms with Crippen LogP contribution in [0.1, 0.15) is 19.8 Å². The van der Waals surface area contributed by atoms with Gasteiger partial charge in [-0.3, -0.25) is 4.79 Å². The number of aliphatic hydroxyl groups is 1. The van der Waals surface area contributed by atoms with E-state index in [9.17, 15) is 9.90 Å². The fraction of sp³-hybridized carbons (Fsp3) is 0.615. The Balaban J connectivity index is 2.06. The Bertz CT molecular complexity index is 440. The molecule has 6 nitrogen and oxygen atoms in total. The van der Waals surface area contributed by atoms with Crippen molar-refractivity contribution in [3.63, 3.8) is 0 Å². The van der Waals surface area contributed by atoms with E-state index in [0.717, 1.165) is 13.0 Å². The molecule has 6 heteroatoms. The molecule has 19 heavy (non-hydrogen) atoms. The number of hydrogen-bond acceptors (Lipinski definition) is 5. The molecule has 1 N–H and O–H groups in total. The Morgan fingerprint density at radius 1 is 1.53 bits per heavy atom. The highest BCUT2D eigenvalue weighted by Crippen LogP contribution is 2.24. The molecule has 0 bridgehead atoms. The number of β-amino-alcohol motifs (C(OH)–C–C–N with tert-alkyl or cyclic N) is 1. The van der Waals surface area contributed by atoms with E-state index in [1.807, 2.05) is 4.90 Å². The minimum atomic E-state index is -0.891. The quantitative estimate of drug-likeness (QED) is 0.849. The van der Waals surface area contributed by atoms with E-state index in [4.69, 9.17) is 0 Å². The molecular weight excluding hydrogens is 244 g/mol. The number of anilines is 1. The van der Waals surface area contributed by atoms with Crippen LogP contribution in [0.2, 0.25) is 0 Å². The monoisotopic (exact) mass is 264 g/mol. The lowest BCUT2D eigenvalue weighted by molar-refractivity contribution is -0.131. The second-order valence-electron chi connectivity index (χ2n) is 5.17. The van der Waals surface area contributed by atoms with Gasteiger partial charge in [-0.05, 0) is 18.9 Å². The first-order valence-corrected chi connectivity index (χ1v) is 6.46. The molecular formula is C13H20N4O2. The molecule has 1 fully saturated rings. The third kappa shape index (κ3) is 3.41. The number of carbonyl (C=O) groups is 1. The average molecular weight is 264 g/mol. The largest absolute Gasteiger partial charge is 0.386 e. The standard InChI is InChI=1S/C13H20N4O2/c1-11(18)16(2)9-13(19)5-3-8-17(10-13)12-14-6-4-7-15-12/h4,6-7,19H,3,5,8-10H2,1-2H3. The fourth-order valence-corrected chi connectivity index (χ4v) is 2.42. The zero-order valence-corrected chi connectivity index (χ0v) is 11.4. The van der Waals surface area contributed by atoms with Gasteiger partial charge < -0.3 is 14.9 Å². The van der Waals surface area contributed by atoms with Crippen molar-refractivity contribution in [3.05, 3.63) is 18.5 Å². The molecule has 0 aromatic carbocycles. The van der Waals surface area contributed by atoms with Crippen LogP contribution in [0.5, 0.6) is 0 Å². The first-order chi connectivity index (χ1) is 9.00. The Morgan fingerprint density at radius 3 is 2.84 bits per heavy atom. The molecule has 1 aromatic heterocycles. The lowest BCUT2D eigenvalue weighted by atomic mass is 9.92. The molecule has 0 aliphatic carbocycles. The topological polar surface area (TPSA) is 69.6 Å². The number of likely N-dealkylation sites (N-methyl/N-ethyl adjacent to an activating group) is 1. The Kier molecular flexibility index (Phi) is 3.99. The molecule has 2 rings (SSSR count). The van der Waals surface area contributed by atoms with Crippen molar-refractivity contribution >= 4 is 11.9 Å². The van der Waals surface area contributed by atoms with Crippen molar-refractivity contribution in [2.45, 2.75) is 25.4 Å². The van der Waals surface area contributed by atoms with E-state index in [2.05, 4.69) is 9.97 Å². The van der Waals surface area contributed by atoms with E-state index in [1.54, 1.807) is 30.4 Å². The zero-order valence-electron chi connectivity index (χ0n) is 11.4. The summed E-state index contributed by atoms with van der Waals surface area (Å²) >= 11 is 0. The minimum Gasteiger partial charge on any atom is -0.386 e. The molecule has 1 amide bonds. The summed E-state index contributed by atoms with van der Waals surface area (Å²) in [5.41, 5.74) is -0.891. The molecule has 1 saturated heterocycles. The molecule has 0 radical (unpaired) electrons. The Hall–Kier alpha value is -1.69. The summed E-state index contributed by atoms with van der Waals surface area (Å²) in [5.74, 6) is 0.590. The van der Waals surface area contributed by atoms with Crippen molar-refractivity contribution in [2.24, 2.45) is 0 Å². The Morgan fingerprint density at radius 2 is 2.21 bits per heavy atom. The third-order valence-corrected chi connectivity index (χ3v) is 3.46. The maximum atomic E-state index is 11.3. The maximum Gasteiger partial charge on any atom is 0.225 e. The SMILES string of the molecule is CC(=O)N(C)CC1(O)CCCN(c2ncccn2)C1. The van der Waals surface area contributed by atoms with Crippen LogP contribution < -0.4 is 4.90 Å². The van der Waals surface area contributed by atoms with Gasteiger partial charge in [0.1, 0.15) is 0 Å². The zero-order chi connectivity index (χ0) is 13.9. The maximum absolute atomic E-state index is 11.3. The number of rotatable bonds is 3. The van der Waals surface area contributed by atoms with Crippen LogP contribution in [0.25, 0.3) is 0 Å². The highest BCUT2D eigenvalue weighted by molar-refractivity contribution is 5.72. The van der Waals surface area contributed by atoms with Gasteiger partial charge in [0.25, 0.3) is 0 Å². The van der Waals surface area contributed by atoms with Crippen LogP contribution in [0.4, 0.5) is 5.95 Å². The number of aromatic nitrogens is 2. The first-order valence-electron chi connectivity index (χ1n) is 6.46. The lowest BCUT2D eigenvalue weighted by Crippen LogP contribution is -2.54. The van der Waals surface area contributed by atoms with Crippen LogP contribution in [-0.2, 0) is 4.79 Å². The van der Waals surface area contributed by atoms with Crippen LogP contribution in [0, 0.1) is 0 Å². The van der Waals surface area contributed by atoms with Gasteiger partial charge in [-0.1, -0.05) is 0 Å². The van der Waals surface area contributed by atoms with E-state index >= 15 is 0 Å². The van der Waals surface area contributed by atoms with E-state index < -0.39 is 5.60 Å². The van der Waals surface area contributed by atoms with Crippen molar-refractivity contribution in [1.29, 1.82) is 0 Å². The van der Waals surface area contributed by atoms with Crippen LogP contribution >= 0.6 is 0 Å². The van der Waals surface area contributed by atoms with Gasteiger partial charge in [-0.25, -0.2) is 9.97 Å². The van der Waals surface area contributed by atoms with Gasteiger partial charge >= 0.3 is 0 Å². The summed E-state index contributed by atoms with van der Waals surface area (Å²) < 4.78 is 0. The number of carbonyl (C=O) groups excluding carboxylic acids is 1. The van der Waals surface area contributed by atoms with Gasteiger partial charge in [0.15, 0.2) is 0 Å². The predicted octanol–water partition coefficient (Wildman–Crippen LogP) is 0.286. The predicted molar refractivity (Wildman–Crippen MR) is 71.7 cm³/mol. The van der Waals surface area contributed by atoms with Crippen molar-refractivity contribution in [2.75, 3.05) is 31.6 Å². The van der Waals surface area contributed by atoms with Crippen molar-refractivity contribution in [3.8, 4) is 0 Å². The number of piperidine rings is 1. The highest BCUT2D eigenvalue weighted by atomic mass is 16.3. The molecule has 104 valence electrons. The van der Waals surface area contributed by atoms with Gasteiger partial charge in [-0.2, -0.15) is 0 Å². The van der Waals surface area contributed by atoms with Crippen LogP contribution in [-0.4, -0.2) is 58.2 Å². The number of nitrogens with zero attached hydrogens (tertiary/aromatic N) is 4. The third-order valence-electron chi connectivity index (χ3n) is 3.46. The van der Waals surface area contributed by atoms with Crippen LogP contribution in [0.3, 0.4) is 0 Å². The summed E-state index contributed by atoms with van der Waals surface area (Å²) in [6, 6.07) is 1.77. The fourth-order valence-electron chi connectivity index (χ4n) is 2.42. The normalized spacial score (nSPS) is 23.2. The minimum absolute atomic E-state index is 0.0403. The average Bonchev–Trinajstić information content (AvgIpc) is 2.39. The van der Waals surface area contributed by atoms with Gasteiger partial charge in [0, 0.05) is 32.9 Å².